The molecule has 136 valence electrons. The maximum Gasteiger partial charge on any atom is 0.322 e. The monoisotopic (exact) mass is 349 g/mol. The number of nitrogens with zero attached hydrogens (tertiary/aromatic N) is 1. The van der Waals surface area contributed by atoms with Gasteiger partial charge in [-0.2, -0.15) is 0 Å². The number of nitrogens with one attached hydrogen (secondary N) is 2. The highest BCUT2D eigenvalue weighted by molar-refractivity contribution is 5.99. The molecule has 2 rings (SSSR count). The van der Waals surface area contributed by atoms with Crippen molar-refractivity contribution in [2.24, 2.45) is 0 Å². The molecular weight excluding hydrogens is 326 g/mol. The Morgan fingerprint density at radius 3 is 2.76 bits per heavy atom. The fourth-order valence-corrected chi connectivity index (χ4v) is 2.63. The van der Waals surface area contributed by atoms with Crippen molar-refractivity contribution in [2.45, 2.75) is 25.7 Å². The average molecular weight is 349 g/mol. The summed E-state index contributed by atoms with van der Waals surface area (Å²) in [6, 6.07) is 4.75. The fraction of sp³-hybridized carbons (Fsp3) is 0.471. The summed E-state index contributed by atoms with van der Waals surface area (Å²) in [7, 11) is 1.52. The molecule has 0 atom stereocenters. The number of carbonyl (C=O) groups excluding carboxylic acids is 2. The van der Waals surface area contributed by atoms with Gasteiger partial charge in [-0.15, -0.1) is 0 Å². The van der Waals surface area contributed by atoms with Crippen molar-refractivity contribution in [2.75, 3.05) is 31.6 Å². The number of hydrogen-bond acceptors (Lipinski definition) is 4. The number of carboxylic acid groups (broad SMARTS) is 1. The van der Waals surface area contributed by atoms with Crippen molar-refractivity contribution in [3.8, 4) is 5.75 Å². The zero-order valence-electron chi connectivity index (χ0n) is 14.2. The minimum absolute atomic E-state index is 0.147. The lowest BCUT2D eigenvalue weighted by Crippen LogP contribution is -2.29. The van der Waals surface area contributed by atoms with Crippen molar-refractivity contribution < 1.29 is 24.2 Å². The van der Waals surface area contributed by atoms with E-state index in [1.807, 2.05) is 0 Å². The molecule has 0 spiro atoms. The Hall–Kier alpha value is -2.77. The molecule has 1 aliphatic rings. The van der Waals surface area contributed by atoms with Crippen LogP contribution in [0.4, 0.5) is 10.5 Å². The molecule has 8 nitrogen and oxygen atoms in total. The first-order valence-corrected chi connectivity index (χ1v) is 8.26. The quantitative estimate of drug-likeness (QED) is 0.587. The third kappa shape index (κ3) is 5.10. The minimum atomic E-state index is -0.805. The molecule has 1 saturated heterocycles. The van der Waals surface area contributed by atoms with Gasteiger partial charge in [0.1, 0.15) is 5.75 Å². The predicted octanol–water partition coefficient (Wildman–Crippen LogP) is 1.60. The van der Waals surface area contributed by atoms with Crippen molar-refractivity contribution in [3.63, 3.8) is 0 Å². The number of amides is 3. The zero-order chi connectivity index (χ0) is 18.2. The lowest BCUT2D eigenvalue weighted by atomic mass is 10.1. The van der Waals surface area contributed by atoms with E-state index in [0.29, 0.717) is 43.1 Å². The number of hydrogen-bond donors (Lipinski definition) is 3. The number of rotatable bonds is 9. The van der Waals surface area contributed by atoms with Gasteiger partial charge >= 0.3 is 12.0 Å². The molecule has 0 bridgehead atoms. The van der Waals surface area contributed by atoms with E-state index in [2.05, 4.69) is 10.6 Å². The van der Waals surface area contributed by atoms with Crippen LogP contribution in [0.3, 0.4) is 0 Å². The van der Waals surface area contributed by atoms with E-state index in [9.17, 15) is 14.4 Å². The Morgan fingerprint density at radius 2 is 2.12 bits per heavy atom. The van der Waals surface area contributed by atoms with Crippen LogP contribution >= 0.6 is 0 Å². The van der Waals surface area contributed by atoms with Crippen LogP contribution in [0.2, 0.25) is 0 Å². The van der Waals surface area contributed by atoms with Crippen LogP contribution < -0.4 is 20.3 Å². The number of methoxy groups -OCH3 is 1. The second-order valence-electron chi connectivity index (χ2n) is 5.73. The van der Waals surface area contributed by atoms with E-state index in [0.717, 1.165) is 12.8 Å². The van der Waals surface area contributed by atoms with Crippen molar-refractivity contribution in [1.29, 1.82) is 0 Å². The van der Waals surface area contributed by atoms with Crippen molar-refractivity contribution in [3.05, 3.63) is 23.8 Å². The van der Waals surface area contributed by atoms with Crippen molar-refractivity contribution >= 4 is 23.6 Å². The summed E-state index contributed by atoms with van der Waals surface area (Å²) in [4.78, 5) is 36.1. The van der Waals surface area contributed by atoms with E-state index in [1.165, 1.54) is 7.11 Å². The van der Waals surface area contributed by atoms with Crippen LogP contribution in [0.25, 0.3) is 0 Å². The van der Waals surface area contributed by atoms with Gasteiger partial charge in [0.05, 0.1) is 12.8 Å². The van der Waals surface area contributed by atoms with Crippen LogP contribution in [-0.2, 0) is 4.79 Å². The highest BCUT2D eigenvalue weighted by atomic mass is 16.5. The molecule has 1 aliphatic heterocycles. The van der Waals surface area contributed by atoms with Crippen LogP contribution in [-0.4, -0.2) is 49.8 Å². The van der Waals surface area contributed by atoms with Crippen LogP contribution in [0, 0.1) is 0 Å². The van der Waals surface area contributed by atoms with Gasteiger partial charge in [-0.1, -0.05) is 6.42 Å². The first-order chi connectivity index (χ1) is 12.0. The number of ether oxygens (including phenoxy) is 1. The van der Waals surface area contributed by atoms with Crippen molar-refractivity contribution in [1.82, 2.24) is 10.6 Å². The molecule has 8 heteroatoms. The smallest absolute Gasteiger partial charge is 0.322 e. The molecule has 0 aromatic heterocycles. The first kappa shape index (κ1) is 18.6. The molecule has 0 radical (unpaired) electrons. The second-order valence-corrected chi connectivity index (χ2v) is 5.73. The molecule has 0 aliphatic carbocycles. The summed E-state index contributed by atoms with van der Waals surface area (Å²) in [6.45, 7) is 1.54. The normalized spacial score (nSPS) is 13.5. The maximum atomic E-state index is 12.3. The number of benzene rings is 1. The Morgan fingerprint density at radius 1 is 1.32 bits per heavy atom. The van der Waals surface area contributed by atoms with Gasteiger partial charge < -0.3 is 20.5 Å². The number of aliphatic carboxylic acids is 1. The second kappa shape index (κ2) is 8.91. The third-order valence-corrected chi connectivity index (χ3v) is 3.94. The van der Waals surface area contributed by atoms with Crippen LogP contribution in [0.5, 0.6) is 5.75 Å². The Bertz CT molecular complexity index is 647. The number of anilines is 1. The SMILES string of the molecule is COc1ccc(C(=O)NCCCCCC(=O)O)cc1N1CCNC1=O. The van der Waals surface area contributed by atoms with E-state index in [1.54, 1.807) is 23.1 Å². The Labute approximate surface area is 146 Å². The number of unbranched alkanes of at least 4 members (excludes halogenated alkanes) is 2. The molecule has 25 heavy (non-hydrogen) atoms. The van der Waals surface area contributed by atoms with Gasteiger partial charge in [0, 0.05) is 31.6 Å². The topological polar surface area (TPSA) is 108 Å². The molecule has 0 saturated carbocycles. The maximum absolute atomic E-state index is 12.3. The van der Waals surface area contributed by atoms with Gasteiger partial charge in [0.25, 0.3) is 5.91 Å². The summed E-state index contributed by atoms with van der Waals surface area (Å²) in [5, 5.41) is 14.1. The lowest BCUT2D eigenvalue weighted by molar-refractivity contribution is -0.137. The largest absolute Gasteiger partial charge is 0.495 e. The molecule has 1 fully saturated rings. The molecule has 3 amide bonds. The average Bonchev–Trinajstić information content (AvgIpc) is 3.02. The highest BCUT2D eigenvalue weighted by Crippen LogP contribution is 2.30. The van der Waals surface area contributed by atoms with E-state index in [-0.39, 0.29) is 18.4 Å². The third-order valence-electron chi connectivity index (χ3n) is 3.94. The van der Waals surface area contributed by atoms with Crippen LogP contribution in [0.1, 0.15) is 36.0 Å². The summed E-state index contributed by atoms with van der Waals surface area (Å²) in [5.74, 6) is -0.509. The Kier molecular flexibility index (Phi) is 6.62. The minimum Gasteiger partial charge on any atom is -0.495 e. The summed E-state index contributed by atoms with van der Waals surface area (Å²) in [5.41, 5.74) is 1.01. The van der Waals surface area contributed by atoms with Gasteiger partial charge in [0.15, 0.2) is 0 Å². The first-order valence-electron chi connectivity index (χ1n) is 8.26. The van der Waals surface area contributed by atoms with Gasteiger partial charge in [-0.25, -0.2) is 4.79 Å². The summed E-state index contributed by atoms with van der Waals surface area (Å²) >= 11 is 0. The fourth-order valence-electron chi connectivity index (χ4n) is 2.63. The van der Waals surface area contributed by atoms with Gasteiger partial charge in [-0.3, -0.25) is 14.5 Å². The standard InChI is InChI=1S/C17H23N3O5/c1-25-14-7-6-12(11-13(14)20-10-9-19-17(20)24)16(23)18-8-4-2-3-5-15(21)22/h6-7,11H,2-5,8-10H2,1H3,(H,18,23)(H,19,24)(H,21,22). The molecule has 0 unspecified atom stereocenters. The Balaban J connectivity index is 1.93. The predicted molar refractivity (Wildman–Crippen MR) is 92.2 cm³/mol. The van der Waals surface area contributed by atoms with E-state index in [4.69, 9.17) is 9.84 Å². The summed E-state index contributed by atoms with van der Waals surface area (Å²) in [6.07, 6.45) is 2.21. The zero-order valence-corrected chi connectivity index (χ0v) is 14.2. The van der Waals surface area contributed by atoms with Gasteiger partial charge in [0.2, 0.25) is 0 Å². The summed E-state index contributed by atoms with van der Waals surface area (Å²) < 4.78 is 5.28. The molecular formula is C17H23N3O5. The number of carbonyl (C=O) groups is 3. The molecule has 3 N–H and O–H groups in total. The van der Waals surface area contributed by atoms with Crippen LogP contribution in [0.15, 0.2) is 18.2 Å². The molecule has 1 aromatic rings. The molecule has 1 aromatic carbocycles. The van der Waals surface area contributed by atoms with Gasteiger partial charge in [-0.05, 0) is 31.0 Å². The lowest BCUT2D eigenvalue weighted by Gasteiger charge is -2.18. The van der Waals surface area contributed by atoms with E-state index >= 15 is 0 Å². The number of carboxylic acids is 1. The van der Waals surface area contributed by atoms with E-state index < -0.39 is 5.97 Å². The number of urea groups is 1. The highest BCUT2D eigenvalue weighted by Gasteiger charge is 2.25. The molecule has 1 heterocycles.